The zero-order valence-corrected chi connectivity index (χ0v) is 13.8. The lowest BCUT2D eigenvalue weighted by atomic mass is 10.1. The Labute approximate surface area is 137 Å². The van der Waals surface area contributed by atoms with Gasteiger partial charge in [0.1, 0.15) is 5.75 Å². The van der Waals surface area contributed by atoms with Crippen LogP contribution >= 0.6 is 12.2 Å². The molecule has 2 N–H and O–H groups in total. The summed E-state index contributed by atoms with van der Waals surface area (Å²) in [6.07, 6.45) is 0.958. The van der Waals surface area contributed by atoms with Crippen molar-refractivity contribution in [3.63, 3.8) is 0 Å². The molecule has 0 aliphatic heterocycles. The van der Waals surface area contributed by atoms with E-state index >= 15 is 0 Å². The predicted octanol–water partition coefficient (Wildman–Crippen LogP) is 3.46. The van der Waals surface area contributed by atoms with E-state index in [1.54, 1.807) is 7.11 Å². The molecule has 0 spiro atoms. The highest BCUT2D eigenvalue weighted by atomic mass is 32.1. The molecule has 0 amide bonds. The Morgan fingerprint density at radius 2 is 1.77 bits per heavy atom. The molecular formula is C18H22N2OS. The van der Waals surface area contributed by atoms with Crippen molar-refractivity contribution in [2.75, 3.05) is 13.7 Å². The molecule has 0 aliphatic carbocycles. The Morgan fingerprint density at radius 1 is 1.09 bits per heavy atom. The topological polar surface area (TPSA) is 33.3 Å². The third-order valence-electron chi connectivity index (χ3n) is 3.51. The average Bonchev–Trinajstić information content (AvgIpc) is 2.56. The Hall–Kier alpha value is -2.07. The van der Waals surface area contributed by atoms with E-state index in [1.165, 1.54) is 11.1 Å². The van der Waals surface area contributed by atoms with Gasteiger partial charge in [0, 0.05) is 6.54 Å². The molecule has 4 heteroatoms. The maximum atomic E-state index is 5.35. The molecule has 2 aromatic rings. The van der Waals surface area contributed by atoms with E-state index in [2.05, 4.69) is 41.8 Å². The minimum atomic E-state index is 0.155. The zero-order valence-electron chi connectivity index (χ0n) is 13.0. The first kappa shape index (κ1) is 16.3. The van der Waals surface area contributed by atoms with Crippen LogP contribution in [0.3, 0.4) is 0 Å². The summed E-state index contributed by atoms with van der Waals surface area (Å²) < 4.78 is 5.17. The molecule has 0 aromatic heterocycles. The average molecular weight is 314 g/mol. The summed E-state index contributed by atoms with van der Waals surface area (Å²) in [5.74, 6) is 0.861. The molecular weight excluding hydrogens is 292 g/mol. The van der Waals surface area contributed by atoms with E-state index in [1.807, 2.05) is 30.3 Å². The summed E-state index contributed by atoms with van der Waals surface area (Å²) in [4.78, 5) is 0. The monoisotopic (exact) mass is 314 g/mol. The fourth-order valence-corrected chi connectivity index (χ4v) is 2.47. The van der Waals surface area contributed by atoms with E-state index in [0.29, 0.717) is 5.11 Å². The molecule has 3 nitrogen and oxygen atoms in total. The highest BCUT2D eigenvalue weighted by Gasteiger charge is 2.06. The zero-order chi connectivity index (χ0) is 15.8. The quantitative estimate of drug-likeness (QED) is 0.800. The van der Waals surface area contributed by atoms with E-state index < -0.39 is 0 Å². The molecule has 0 saturated carbocycles. The second kappa shape index (κ2) is 8.39. The highest BCUT2D eigenvalue weighted by molar-refractivity contribution is 7.80. The second-order valence-corrected chi connectivity index (χ2v) is 5.54. The summed E-state index contributed by atoms with van der Waals surface area (Å²) in [5, 5.41) is 7.23. The third-order valence-corrected chi connectivity index (χ3v) is 3.77. The third kappa shape index (κ3) is 5.04. The van der Waals surface area contributed by atoms with Gasteiger partial charge >= 0.3 is 0 Å². The number of rotatable bonds is 6. The predicted molar refractivity (Wildman–Crippen MR) is 95.3 cm³/mol. The molecule has 0 bridgehead atoms. The summed E-state index contributed by atoms with van der Waals surface area (Å²) >= 11 is 5.35. The lowest BCUT2D eigenvalue weighted by molar-refractivity contribution is 0.414. The van der Waals surface area contributed by atoms with Crippen LogP contribution in [0.25, 0.3) is 0 Å². The fraction of sp³-hybridized carbons (Fsp3) is 0.278. The van der Waals surface area contributed by atoms with Gasteiger partial charge in [0.15, 0.2) is 5.11 Å². The van der Waals surface area contributed by atoms with Gasteiger partial charge in [-0.3, -0.25) is 0 Å². The standard InChI is InChI=1S/C18H22N2OS/c1-14(16-8-10-17(21-2)11-9-16)20-18(22)19-13-12-15-6-4-3-5-7-15/h3-11,14H,12-13H2,1-2H3,(H2,19,20,22). The van der Waals surface area contributed by atoms with Gasteiger partial charge in [-0.25, -0.2) is 0 Å². The molecule has 0 radical (unpaired) electrons. The van der Waals surface area contributed by atoms with Crippen molar-refractivity contribution in [2.24, 2.45) is 0 Å². The minimum Gasteiger partial charge on any atom is -0.497 e. The van der Waals surface area contributed by atoms with E-state index in [-0.39, 0.29) is 6.04 Å². The van der Waals surface area contributed by atoms with Crippen LogP contribution in [0.1, 0.15) is 24.1 Å². The van der Waals surface area contributed by atoms with Crippen LogP contribution in [-0.4, -0.2) is 18.8 Å². The first-order valence-corrected chi connectivity index (χ1v) is 7.82. The van der Waals surface area contributed by atoms with Crippen molar-refractivity contribution in [1.82, 2.24) is 10.6 Å². The second-order valence-electron chi connectivity index (χ2n) is 5.13. The van der Waals surface area contributed by atoms with Crippen molar-refractivity contribution in [3.05, 3.63) is 65.7 Å². The van der Waals surface area contributed by atoms with Gasteiger partial charge in [0.05, 0.1) is 13.2 Å². The molecule has 0 heterocycles. The lowest BCUT2D eigenvalue weighted by Crippen LogP contribution is -2.37. The summed E-state index contributed by atoms with van der Waals surface area (Å²) in [7, 11) is 1.67. The number of hydrogen-bond acceptors (Lipinski definition) is 2. The first-order chi connectivity index (χ1) is 10.7. The first-order valence-electron chi connectivity index (χ1n) is 7.41. The van der Waals surface area contributed by atoms with Gasteiger partial charge in [-0.05, 0) is 48.8 Å². The minimum absolute atomic E-state index is 0.155. The van der Waals surface area contributed by atoms with Crippen LogP contribution in [0.2, 0.25) is 0 Å². The van der Waals surface area contributed by atoms with Crippen LogP contribution in [0.5, 0.6) is 5.75 Å². The smallest absolute Gasteiger partial charge is 0.166 e. The van der Waals surface area contributed by atoms with Crippen molar-refractivity contribution in [1.29, 1.82) is 0 Å². The number of benzene rings is 2. The summed E-state index contributed by atoms with van der Waals surface area (Å²) in [6.45, 7) is 2.91. The SMILES string of the molecule is COc1ccc(C(C)NC(=S)NCCc2ccccc2)cc1. The number of hydrogen-bond donors (Lipinski definition) is 2. The molecule has 0 aliphatic rings. The lowest BCUT2D eigenvalue weighted by Gasteiger charge is -2.17. The number of nitrogens with one attached hydrogen (secondary N) is 2. The van der Waals surface area contributed by atoms with E-state index in [9.17, 15) is 0 Å². The van der Waals surface area contributed by atoms with Crippen LogP contribution in [0, 0.1) is 0 Å². The molecule has 22 heavy (non-hydrogen) atoms. The van der Waals surface area contributed by atoms with Crippen molar-refractivity contribution in [3.8, 4) is 5.75 Å². The maximum Gasteiger partial charge on any atom is 0.166 e. The molecule has 2 aromatic carbocycles. The van der Waals surface area contributed by atoms with Gasteiger partial charge < -0.3 is 15.4 Å². The molecule has 1 atom stereocenters. The van der Waals surface area contributed by atoms with Crippen LogP contribution in [-0.2, 0) is 6.42 Å². The molecule has 2 rings (SSSR count). The molecule has 1 unspecified atom stereocenters. The molecule has 116 valence electrons. The fourth-order valence-electron chi connectivity index (χ4n) is 2.19. The number of methoxy groups -OCH3 is 1. The Balaban J connectivity index is 1.76. The van der Waals surface area contributed by atoms with Crippen LogP contribution in [0.4, 0.5) is 0 Å². The molecule has 0 fully saturated rings. The van der Waals surface area contributed by atoms with Gasteiger partial charge in [0.25, 0.3) is 0 Å². The van der Waals surface area contributed by atoms with E-state index in [0.717, 1.165) is 18.7 Å². The Morgan fingerprint density at radius 3 is 2.41 bits per heavy atom. The molecule has 0 saturated heterocycles. The normalized spacial score (nSPS) is 11.5. The number of thiocarbonyl (C=S) groups is 1. The highest BCUT2D eigenvalue weighted by Crippen LogP contribution is 2.17. The van der Waals surface area contributed by atoms with Crippen molar-refractivity contribution in [2.45, 2.75) is 19.4 Å². The van der Waals surface area contributed by atoms with Gasteiger partial charge in [0.2, 0.25) is 0 Å². The largest absolute Gasteiger partial charge is 0.497 e. The summed E-state index contributed by atoms with van der Waals surface area (Å²) in [6, 6.07) is 18.5. The Kier molecular flexibility index (Phi) is 6.22. The van der Waals surface area contributed by atoms with Crippen molar-refractivity contribution < 1.29 is 4.74 Å². The van der Waals surface area contributed by atoms with Gasteiger partial charge in [-0.1, -0.05) is 42.5 Å². The van der Waals surface area contributed by atoms with E-state index in [4.69, 9.17) is 17.0 Å². The maximum absolute atomic E-state index is 5.35. The van der Waals surface area contributed by atoms with Gasteiger partial charge in [-0.15, -0.1) is 0 Å². The van der Waals surface area contributed by atoms with Crippen molar-refractivity contribution >= 4 is 17.3 Å². The Bertz CT molecular complexity index is 584. The van der Waals surface area contributed by atoms with Gasteiger partial charge in [-0.2, -0.15) is 0 Å². The van der Waals surface area contributed by atoms with Crippen LogP contribution in [0.15, 0.2) is 54.6 Å². The van der Waals surface area contributed by atoms with Crippen LogP contribution < -0.4 is 15.4 Å². The number of ether oxygens (including phenoxy) is 1. The summed E-state index contributed by atoms with van der Waals surface area (Å²) in [5.41, 5.74) is 2.48.